The van der Waals surface area contributed by atoms with Crippen LogP contribution in [0.4, 0.5) is 0 Å². The average Bonchev–Trinajstić information content (AvgIpc) is 1.87. The lowest BCUT2D eigenvalue weighted by Gasteiger charge is -1.96. The van der Waals surface area contributed by atoms with Gasteiger partial charge in [-0.05, 0) is 27.0 Å². The molecule has 0 radical (unpaired) electrons. The molecule has 0 N–H and O–H groups in total. The fraction of sp³-hybridized carbons (Fsp3) is 0.571. The van der Waals surface area contributed by atoms with Gasteiger partial charge in [0.05, 0.1) is 0 Å². The van der Waals surface area contributed by atoms with Gasteiger partial charge in [0.2, 0.25) is 0 Å². The molecule has 0 atom stereocenters. The van der Waals surface area contributed by atoms with E-state index in [9.17, 15) is 0 Å². The van der Waals surface area contributed by atoms with Gasteiger partial charge in [-0.25, -0.2) is 0 Å². The van der Waals surface area contributed by atoms with Crippen molar-refractivity contribution < 1.29 is 0 Å². The van der Waals surface area contributed by atoms with Crippen LogP contribution in [0.2, 0.25) is 0 Å². The van der Waals surface area contributed by atoms with E-state index in [1.165, 1.54) is 4.91 Å². The summed E-state index contributed by atoms with van der Waals surface area (Å²) in [5.74, 6) is 0. The molecule has 0 rings (SSSR count). The Morgan fingerprint density at radius 1 is 1.44 bits per heavy atom. The molecule has 0 saturated carbocycles. The molecule has 2 heteroatoms. The number of hydrogen-bond acceptors (Lipinski definition) is 2. The fourth-order valence-corrected chi connectivity index (χ4v) is 0.780. The number of hydrogen-bond donors (Lipinski definition) is 0. The minimum atomic E-state index is 1.12. The van der Waals surface area contributed by atoms with Crippen LogP contribution in [0.15, 0.2) is 15.6 Å². The maximum atomic E-state index is 4.13. The van der Waals surface area contributed by atoms with E-state index in [1.807, 2.05) is 20.1 Å². The molecule has 9 heavy (non-hydrogen) atoms. The summed E-state index contributed by atoms with van der Waals surface area (Å²) in [4.78, 5) is 5.41. The van der Waals surface area contributed by atoms with Crippen molar-refractivity contribution in [3.63, 3.8) is 0 Å². The molecule has 0 saturated heterocycles. The van der Waals surface area contributed by atoms with Crippen molar-refractivity contribution in [3.05, 3.63) is 10.6 Å². The SMILES string of the molecule is C/C=N\C(C)=C(\C)SC. The van der Waals surface area contributed by atoms with Crippen molar-refractivity contribution in [1.82, 2.24) is 0 Å². The van der Waals surface area contributed by atoms with Crippen molar-refractivity contribution in [3.8, 4) is 0 Å². The molecule has 0 aliphatic carbocycles. The van der Waals surface area contributed by atoms with Crippen molar-refractivity contribution in [1.29, 1.82) is 0 Å². The Hall–Kier alpha value is -0.240. The molecule has 52 valence electrons. The first-order valence-electron chi connectivity index (χ1n) is 2.92. The monoisotopic (exact) mass is 143 g/mol. The van der Waals surface area contributed by atoms with Crippen LogP contribution in [-0.4, -0.2) is 12.5 Å². The van der Waals surface area contributed by atoms with E-state index in [4.69, 9.17) is 0 Å². The molecule has 0 heterocycles. The summed E-state index contributed by atoms with van der Waals surface area (Å²) in [7, 11) is 0. The summed E-state index contributed by atoms with van der Waals surface area (Å²) in [5, 5.41) is 0. The lowest BCUT2D eigenvalue weighted by atomic mass is 10.5. The van der Waals surface area contributed by atoms with E-state index in [0.717, 1.165) is 5.70 Å². The lowest BCUT2D eigenvalue weighted by molar-refractivity contribution is 1.28. The van der Waals surface area contributed by atoms with Gasteiger partial charge in [0.15, 0.2) is 0 Å². The van der Waals surface area contributed by atoms with Crippen molar-refractivity contribution in [2.45, 2.75) is 20.8 Å². The second kappa shape index (κ2) is 4.62. The molecule has 0 unspecified atom stereocenters. The molecule has 0 bridgehead atoms. The Morgan fingerprint density at radius 2 is 2.00 bits per heavy atom. The van der Waals surface area contributed by atoms with Crippen LogP contribution < -0.4 is 0 Å². The maximum absolute atomic E-state index is 4.13. The summed E-state index contributed by atoms with van der Waals surface area (Å²) in [6, 6.07) is 0. The van der Waals surface area contributed by atoms with Gasteiger partial charge in [0.1, 0.15) is 0 Å². The Labute approximate surface area is 61.3 Å². The number of aliphatic imine (C=N–C) groups is 1. The predicted octanol–water partition coefficient (Wildman–Crippen LogP) is 2.69. The van der Waals surface area contributed by atoms with E-state index >= 15 is 0 Å². The first-order valence-corrected chi connectivity index (χ1v) is 4.15. The Kier molecular flexibility index (Phi) is 4.50. The van der Waals surface area contributed by atoms with Gasteiger partial charge in [0, 0.05) is 16.8 Å². The Morgan fingerprint density at radius 3 is 2.33 bits per heavy atom. The first kappa shape index (κ1) is 8.76. The van der Waals surface area contributed by atoms with E-state index in [1.54, 1.807) is 11.8 Å². The molecule has 0 amide bonds. The van der Waals surface area contributed by atoms with Crippen molar-refractivity contribution in [2.75, 3.05) is 6.26 Å². The molecular formula is C7H13NS. The third-order valence-corrected chi connectivity index (χ3v) is 2.05. The highest BCUT2D eigenvalue weighted by molar-refractivity contribution is 8.02. The third-order valence-electron chi connectivity index (χ3n) is 1.14. The molecule has 0 aromatic heterocycles. The van der Waals surface area contributed by atoms with Crippen LogP contribution in [0.1, 0.15) is 20.8 Å². The van der Waals surface area contributed by atoms with Crippen LogP contribution in [0, 0.1) is 0 Å². The zero-order valence-electron chi connectivity index (χ0n) is 6.43. The highest BCUT2D eigenvalue weighted by Gasteiger charge is 1.88. The van der Waals surface area contributed by atoms with Crippen molar-refractivity contribution in [2.24, 2.45) is 4.99 Å². The zero-order chi connectivity index (χ0) is 7.28. The summed E-state index contributed by atoms with van der Waals surface area (Å²) in [5.41, 5.74) is 1.12. The highest BCUT2D eigenvalue weighted by atomic mass is 32.2. The predicted molar refractivity (Wildman–Crippen MR) is 46.1 cm³/mol. The molecule has 0 aromatic carbocycles. The van der Waals surface area contributed by atoms with Gasteiger partial charge in [0.25, 0.3) is 0 Å². The molecule has 0 aliphatic rings. The largest absolute Gasteiger partial charge is 0.265 e. The molecule has 0 aromatic rings. The van der Waals surface area contributed by atoms with Crippen molar-refractivity contribution >= 4 is 18.0 Å². The normalized spacial score (nSPS) is 14.2. The summed E-state index contributed by atoms with van der Waals surface area (Å²) in [6.07, 6.45) is 3.87. The van der Waals surface area contributed by atoms with E-state index in [2.05, 4.69) is 18.2 Å². The first-order chi connectivity index (χ1) is 4.22. The second-order valence-electron chi connectivity index (χ2n) is 1.73. The summed E-state index contributed by atoms with van der Waals surface area (Å²) >= 11 is 1.74. The molecule has 0 aliphatic heterocycles. The lowest BCUT2D eigenvalue weighted by Crippen LogP contribution is -1.74. The quantitative estimate of drug-likeness (QED) is 0.541. The zero-order valence-corrected chi connectivity index (χ0v) is 7.25. The molecule has 0 spiro atoms. The Bertz CT molecular complexity index is 136. The van der Waals surface area contributed by atoms with Crippen LogP contribution in [0.25, 0.3) is 0 Å². The van der Waals surface area contributed by atoms with E-state index in [0.29, 0.717) is 0 Å². The van der Waals surface area contributed by atoms with Crippen LogP contribution in [-0.2, 0) is 0 Å². The smallest absolute Gasteiger partial charge is 0.0460 e. The van der Waals surface area contributed by atoms with Gasteiger partial charge in [-0.15, -0.1) is 11.8 Å². The maximum Gasteiger partial charge on any atom is 0.0460 e. The van der Waals surface area contributed by atoms with E-state index in [-0.39, 0.29) is 0 Å². The van der Waals surface area contributed by atoms with Gasteiger partial charge in [-0.1, -0.05) is 0 Å². The highest BCUT2D eigenvalue weighted by Crippen LogP contribution is 2.15. The average molecular weight is 143 g/mol. The summed E-state index contributed by atoms with van der Waals surface area (Å²) < 4.78 is 0. The topological polar surface area (TPSA) is 12.4 Å². The van der Waals surface area contributed by atoms with Gasteiger partial charge >= 0.3 is 0 Å². The Balaban J connectivity index is 4.10. The second-order valence-corrected chi connectivity index (χ2v) is 2.75. The van der Waals surface area contributed by atoms with Gasteiger partial charge in [-0.2, -0.15) is 0 Å². The fourth-order valence-electron chi connectivity index (χ4n) is 0.432. The third kappa shape index (κ3) is 3.36. The number of allylic oxidation sites excluding steroid dienone is 2. The molecule has 1 nitrogen and oxygen atoms in total. The minimum Gasteiger partial charge on any atom is -0.265 e. The van der Waals surface area contributed by atoms with Crippen LogP contribution >= 0.6 is 11.8 Å². The molecular weight excluding hydrogens is 130 g/mol. The number of thioether (sulfide) groups is 1. The number of nitrogens with zero attached hydrogens (tertiary/aromatic N) is 1. The van der Waals surface area contributed by atoms with Crippen LogP contribution in [0.3, 0.4) is 0 Å². The number of rotatable bonds is 2. The summed E-state index contributed by atoms with van der Waals surface area (Å²) in [6.45, 7) is 6.02. The van der Waals surface area contributed by atoms with E-state index < -0.39 is 0 Å². The minimum absolute atomic E-state index is 1.12. The van der Waals surface area contributed by atoms with Crippen LogP contribution in [0.5, 0.6) is 0 Å². The van der Waals surface area contributed by atoms with Gasteiger partial charge in [-0.3, -0.25) is 4.99 Å². The standard InChI is InChI=1S/C7H13NS/c1-5-8-6(2)7(3)9-4/h5H,1-4H3/b7-6-,8-5-. The molecule has 0 fully saturated rings. The van der Waals surface area contributed by atoms with Gasteiger partial charge < -0.3 is 0 Å².